The van der Waals surface area contributed by atoms with Crippen LogP contribution in [0.5, 0.6) is 0 Å². The number of rotatable bonds is 2. The predicted octanol–water partition coefficient (Wildman–Crippen LogP) is 1.34. The van der Waals surface area contributed by atoms with E-state index in [0.29, 0.717) is 12.4 Å². The zero-order valence-corrected chi connectivity index (χ0v) is 13.2. The minimum absolute atomic E-state index is 0.0928. The molecule has 0 spiro atoms. The molecule has 2 heterocycles. The molecule has 1 aliphatic heterocycles. The number of anilines is 2. The van der Waals surface area contributed by atoms with E-state index >= 15 is 0 Å². The van der Waals surface area contributed by atoms with E-state index in [1.165, 1.54) is 6.33 Å². The van der Waals surface area contributed by atoms with E-state index in [1.54, 1.807) is 11.9 Å². The first kappa shape index (κ1) is 14.0. The van der Waals surface area contributed by atoms with Crippen molar-refractivity contribution in [2.45, 2.75) is 19.4 Å². The summed E-state index contributed by atoms with van der Waals surface area (Å²) in [7, 11) is 3.63. The van der Waals surface area contributed by atoms with Crippen LogP contribution in [0.3, 0.4) is 0 Å². The van der Waals surface area contributed by atoms with Crippen molar-refractivity contribution >= 4 is 33.5 Å². The molecule has 1 aromatic rings. The smallest absolute Gasteiger partial charge is 0.247 e. The van der Waals surface area contributed by atoms with Crippen LogP contribution in [0.1, 0.15) is 13.8 Å². The van der Waals surface area contributed by atoms with Gasteiger partial charge in [0.15, 0.2) is 0 Å². The van der Waals surface area contributed by atoms with Crippen molar-refractivity contribution in [1.29, 1.82) is 0 Å². The lowest BCUT2D eigenvalue weighted by Crippen LogP contribution is -2.62. The number of halogens is 1. The number of hydrogen-bond donors (Lipinski definition) is 1. The van der Waals surface area contributed by atoms with Crippen molar-refractivity contribution in [3.8, 4) is 0 Å². The molecule has 2 rings (SSSR count). The van der Waals surface area contributed by atoms with E-state index in [1.807, 2.05) is 25.8 Å². The Morgan fingerprint density at radius 2 is 2.05 bits per heavy atom. The average Bonchev–Trinajstić information content (AvgIpc) is 2.37. The SMILES string of the molecule is CNc1ncnc(N2CCN(C)C(=O)C2(C)C)c1Br. The highest BCUT2D eigenvalue weighted by Gasteiger charge is 2.42. The number of likely N-dealkylation sites (N-methyl/N-ethyl adjacent to an activating group) is 1. The first-order valence-electron chi connectivity index (χ1n) is 6.11. The van der Waals surface area contributed by atoms with Crippen LogP contribution in [0.25, 0.3) is 0 Å². The van der Waals surface area contributed by atoms with Crippen LogP contribution in [-0.2, 0) is 4.79 Å². The maximum atomic E-state index is 12.3. The molecule has 1 N–H and O–H groups in total. The first-order valence-corrected chi connectivity index (χ1v) is 6.90. The van der Waals surface area contributed by atoms with Crippen LogP contribution in [0.2, 0.25) is 0 Å². The van der Waals surface area contributed by atoms with E-state index in [0.717, 1.165) is 16.8 Å². The molecule has 0 atom stereocenters. The van der Waals surface area contributed by atoms with Gasteiger partial charge in [-0.1, -0.05) is 0 Å². The summed E-state index contributed by atoms with van der Waals surface area (Å²) in [5.74, 6) is 1.55. The molecule has 0 aromatic carbocycles. The van der Waals surface area contributed by atoms with Gasteiger partial charge in [-0.3, -0.25) is 4.79 Å². The van der Waals surface area contributed by atoms with Crippen molar-refractivity contribution in [3.63, 3.8) is 0 Å². The number of aromatic nitrogens is 2. The molecular weight excluding hydrogens is 310 g/mol. The lowest BCUT2D eigenvalue weighted by molar-refractivity contribution is -0.136. The number of carbonyl (C=O) groups excluding carboxylic acids is 1. The summed E-state index contributed by atoms with van der Waals surface area (Å²) >= 11 is 3.51. The third-order valence-corrected chi connectivity index (χ3v) is 4.20. The highest BCUT2D eigenvalue weighted by atomic mass is 79.9. The van der Waals surface area contributed by atoms with Gasteiger partial charge in [0.25, 0.3) is 0 Å². The minimum Gasteiger partial charge on any atom is -0.372 e. The quantitative estimate of drug-likeness (QED) is 0.888. The Labute approximate surface area is 121 Å². The van der Waals surface area contributed by atoms with Crippen molar-refractivity contribution in [3.05, 3.63) is 10.8 Å². The standard InChI is InChI=1S/C12H18BrN5O/c1-12(2)11(19)17(4)5-6-18(12)10-8(13)9(14-3)15-7-16-10/h7H,5-6H2,1-4H3,(H,14,15,16). The fourth-order valence-corrected chi connectivity index (χ4v) is 2.92. The van der Waals surface area contributed by atoms with E-state index in [9.17, 15) is 4.79 Å². The fourth-order valence-electron chi connectivity index (χ4n) is 2.31. The van der Waals surface area contributed by atoms with E-state index in [2.05, 4.69) is 31.2 Å². The number of carbonyl (C=O) groups is 1. The van der Waals surface area contributed by atoms with Crippen LogP contribution in [0.15, 0.2) is 10.8 Å². The molecule has 7 heteroatoms. The van der Waals surface area contributed by atoms with Gasteiger partial charge in [0, 0.05) is 27.2 Å². The summed E-state index contributed by atoms with van der Waals surface area (Å²) in [5.41, 5.74) is -0.616. The Balaban J connectivity index is 2.44. The Morgan fingerprint density at radius 3 is 2.68 bits per heavy atom. The molecule has 0 aliphatic carbocycles. The number of piperazine rings is 1. The Kier molecular flexibility index (Phi) is 3.66. The summed E-state index contributed by atoms with van der Waals surface area (Å²) in [5, 5.41) is 3.00. The van der Waals surface area contributed by atoms with Gasteiger partial charge in [0.2, 0.25) is 5.91 Å². The van der Waals surface area contributed by atoms with E-state index in [-0.39, 0.29) is 5.91 Å². The molecule has 1 aromatic heterocycles. The Morgan fingerprint density at radius 1 is 1.37 bits per heavy atom. The fraction of sp³-hybridized carbons (Fsp3) is 0.583. The summed E-state index contributed by atoms with van der Waals surface area (Å²) in [6, 6.07) is 0. The first-order chi connectivity index (χ1) is 8.89. The molecule has 1 aliphatic rings. The van der Waals surface area contributed by atoms with E-state index in [4.69, 9.17) is 0 Å². The Bertz CT molecular complexity index is 505. The molecule has 0 unspecified atom stereocenters. The second kappa shape index (κ2) is 4.96. The summed E-state index contributed by atoms with van der Waals surface area (Å²) in [4.78, 5) is 24.5. The zero-order chi connectivity index (χ0) is 14.2. The van der Waals surface area contributed by atoms with Crippen molar-refractivity contribution in [2.24, 2.45) is 0 Å². The molecular formula is C12H18BrN5O. The molecule has 1 saturated heterocycles. The average molecular weight is 328 g/mol. The molecule has 104 valence electrons. The van der Waals surface area contributed by atoms with E-state index < -0.39 is 5.54 Å². The highest BCUT2D eigenvalue weighted by molar-refractivity contribution is 9.10. The summed E-state index contributed by atoms with van der Waals surface area (Å²) in [6.07, 6.45) is 1.50. The maximum Gasteiger partial charge on any atom is 0.247 e. The van der Waals surface area contributed by atoms with Gasteiger partial charge in [0.1, 0.15) is 28.0 Å². The number of hydrogen-bond acceptors (Lipinski definition) is 5. The van der Waals surface area contributed by atoms with Gasteiger partial charge < -0.3 is 15.1 Å². The second-order valence-corrected chi connectivity index (χ2v) is 5.84. The minimum atomic E-state index is -0.616. The monoisotopic (exact) mass is 327 g/mol. The molecule has 1 amide bonds. The van der Waals surface area contributed by atoms with Gasteiger partial charge in [-0.2, -0.15) is 0 Å². The highest BCUT2D eigenvalue weighted by Crippen LogP contribution is 2.34. The van der Waals surface area contributed by atoms with Crippen LogP contribution in [0, 0.1) is 0 Å². The van der Waals surface area contributed by atoms with Gasteiger partial charge in [-0.15, -0.1) is 0 Å². The van der Waals surface area contributed by atoms with Crippen molar-refractivity contribution < 1.29 is 4.79 Å². The van der Waals surface area contributed by atoms with Crippen LogP contribution in [-0.4, -0.2) is 53.5 Å². The summed E-state index contributed by atoms with van der Waals surface area (Å²) in [6.45, 7) is 5.26. The Hall–Kier alpha value is -1.37. The molecule has 6 nitrogen and oxygen atoms in total. The maximum absolute atomic E-state index is 12.3. The lowest BCUT2D eigenvalue weighted by atomic mass is 9.98. The lowest BCUT2D eigenvalue weighted by Gasteiger charge is -2.45. The zero-order valence-electron chi connectivity index (χ0n) is 11.6. The van der Waals surface area contributed by atoms with Gasteiger partial charge in [0.05, 0.1) is 0 Å². The van der Waals surface area contributed by atoms with Crippen LogP contribution in [0.4, 0.5) is 11.6 Å². The molecule has 0 radical (unpaired) electrons. The van der Waals surface area contributed by atoms with Gasteiger partial charge >= 0.3 is 0 Å². The second-order valence-electron chi connectivity index (χ2n) is 5.05. The number of amides is 1. The third-order valence-electron chi connectivity index (χ3n) is 3.47. The van der Waals surface area contributed by atoms with Gasteiger partial charge in [-0.25, -0.2) is 9.97 Å². The number of nitrogens with zero attached hydrogens (tertiary/aromatic N) is 4. The third kappa shape index (κ3) is 2.27. The van der Waals surface area contributed by atoms with Crippen molar-refractivity contribution in [1.82, 2.24) is 14.9 Å². The van der Waals surface area contributed by atoms with Crippen molar-refractivity contribution in [2.75, 3.05) is 37.4 Å². The number of nitrogens with one attached hydrogen (secondary N) is 1. The molecule has 1 fully saturated rings. The normalized spacial score (nSPS) is 18.7. The topological polar surface area (TPSA) is 61.4 Å². The largest absolute Gasteiger partial charge is 0.372 e. The van der Waals surface area contributed by atoms with Crippen LogP contribution >= 0.6 is 15.9 Å². The molecule has 19 heavy (non-hydrogen) atoms. The van der Waals surface area contributed by atoms with Crippen LogP contribution < -0.4 is 10.2 Å². The molecule has 0 bridgehead atoms. The summed E-state index contributed by atoms with van der Waals surface area (Å²) < 4.78 is 0.780. The molecule has 0 saturated carbocycles. The van der Waals surface area contributed by atoms with Gasteiger partial charge in [-0.05, 0) is 29.8 Å². The predicted molar refractivity (Wildman–Crippen MR) is 78.3 cm³/mol.